The molecule has 2 aliphatic carbocycles. The van der Waals surface area contributed by atoms with Crippen molar-refractivity contribution in [1.82, 2.24) is 14.3 Å². The van der Waals surface area contributed by atoms with Crippen molar-refractivity contribution in [1.29, 1.82) is 0 Å². The fraction of sp³-hybridized carbons (Fsp3) is 0.550. The first kappa shape index (κ1) is 19.9. The monoisotopic (exact) mass is 440 g/mol. The smallest absolute Gasteiger partial charge is 0.361 e. The first-order valence-electron chi connectivity index (χ1n) is 10.2. The van der Waals surface area contributed by atoms with Gasteiger partial charge in [0, 0.05) is 31.0 Å². The van der Waals surface area contributed by atoms with Gasteiger partial charge in [0.15, 0.2) is 0 Å². The molecule has 0 radical (unpaired) electrons. The second-order valence-electron chi connectivity index (χ2n) is 8.47. The third-order valence-corrected chi connectivity index (χ3v) is 7.88. The van der Waals surface area contributed by atoms with Crippen molar-refractivity contribution in [3.8, 4) is 0 Å². The number of benzene rings is 1. The minimum atomic E-state index is -5.43. The number of rotatable bonds is 5. The Labute approximate surface area is 173 Å². The number of hydrogen-bond donors (Lipinski definition) is 1. The van der Waals surface area contributed by atoms with Crippen LogP contribution >= 0.6 is 0 Å². The van der Waals surface area contributed by atoms with Crippen molar-refractivity contribution in [3.63, 3.8) is 0 Å². The second kappa shape index (κ2) is 6.98. The topological polar surface area (TPSA) is 69.3 Å². The zero-order valence-corrected chi connectivity index (χ0v) is 17.1. The van der Waals surface area contributed by atoms with E-state index in [0.29, 0.717) is 22.3 Å². The summed E-state index contributed by atoms with van der Waals surface area (Å²) in [5.74, 6) is 0.469. The number of imidazole rings is 1. The molecule has 162 valence electrons. The quantitative estimate of drug-likeness (QED) is 0.769. The van der Waals surface area contributed by atoms with Crippen LogP contribution in [0.15, 0.2) is 30.7 Å². The van der Waals surface area contributed by atoms with Crippen LogP contribution in [0.3, 0.4) is 0 Å². The van der Waals surface area contributed by atoms with Gasteiger partial charge in [-0.05, 0) is 54.7 Å². The molecule has 1 atom stereocenters. The summed E-state index contributed by atoms with van der Waals surface area (Å²) in [7, 11) is -5.43. The van der Waals surface area contributed by atoms with Gasteiger partial charge in [0.1, 0.15) is 0 Å². The Hall–Kier alpha value is -2.07. The molecule has 2 saturated carbocycles. The van der Waals surface area contributed by atoms with E-state index in [0.717, 1.165) is 42.6 Å². The molecule has 0 spiro atoms. The average molecular weight is 440 g/mol. The van der Waals surface area contributed by atoms with Gasteiger partial charge in [-0.2, -0.15) is 17.5 Å². The number of nitrogens with zero attached hydrogens (tertiary/aromatic N) is 3. The van der Waals surface area contributed by atoms with Gasteiger partial charge in [0.2, 0.25) is 0 Å². The van der Waals surface area contributed by atoms with Crippen molar-refractivity contribution in [2.45, 2.75) is 56.2 Å². The third kappa shape index (κ3) is 3.49. The van der Waals surface area contributed by atoms with Crippen molar-refractivity contribution >= 4 is 15.7 Å². The molecular weight excluding hydrogens is 417 g/mol. The second-order valence-corrected chi connectivity index (χ2v) is 10.4. The molecule has 6 nitrogen and oxygen atoms in total. The van der Waals surface area contributed by atoms with Gasteiger partial charge in [-0.1, -0.05) is 12.1 Å². The molecular formula is C20H23F3N4O2S. The standard InChI is InChI=1S/C20H23F3N4O2S/c21-20(22,23)30(28,29)26-10-17-16(13-4-5-13)2-1-3-18(17)27(9-15-8-24-12-25-15)19(11-26)14-6-7-14/h1-3,8,12-14,19H,4-7,9-11H2,(H,24,25)/t19-/m1/s1. The highest BCUT2D eigenvalue weighted by Crippen LogP contribution is 2.48. The lowest BCUT2D eigenvalue weighted by atomic mass is 10.00. The number of aromatic nitrogens is 2. The van der Waals surface area contributed by atoms with Crippen LogP contribution in [-0.4, -0.2) is 40.8 Å². The normalized spacial score (nSPS) is 23.3. The Morgan fingerprint density at radius 1 is 1.17 bits per heavy atom. The summed E-state index contributed by atoms with van der Waals surface area (Å²) in [6.07, 6.45) is 7.01. The maximum Gasteiger partial charge on any atom is 0.511 e. The van der Waals surface area contributed by atoms with Gasteiger partial charge in [-0.25, -0.2) is 13.4 Å². The molecule has 1 aliphatic heterocycles. The Bertz CT molecular complexity index is 1030. The SMILES string of the molecule is O=S(=O)(N1Cc2c(C3CC3)cccc2N(Cc2cnc[nH]2)[C@@H](C2CC2)C1)C(F)(F)F. The molecule has 2 aromatic rings. The van der Waals surface area contributed by atoms with Crippen LogP contribution in [0.5, 0.6) is 0 Å². The van der Waals surface area contributed by atoms with E-state index in [1.165, 1.54) is 0 Å². The predicted octanol–water partition coefficient (Wildman–Crippen LogP) is 3.74. The molecule has 0 unspecified atom stereocenters. The lowest BCUT2D eigenvalue weighted by molar-refractivity contribution is -0.0492. The van der Waals surface area contributed by atoms with E-state index in [1.54, 1.807) is 12.5 Å². The van der Waals surface area contributed by atoms with E-state index >= 15 is 0 Å². The van der Waals surface area contributed by atoms with Crippen molar-refractivity contribution in [2.75, 3.05) is 11.4 Å². The van der Waals surface area contributed by atoms with Gasteiger partial charge >= 0.3 is 15.5 Å². The number of alkyl halides is 3. The molecule has 30 heavy (non-hydrogen) atoms. The molecule has 10 heteroatoms. The molecule has 3 aliphatic rings. The summed E-state index contributed by atoms with van der Waals surface area (Å²) < 4.78 is 66.0. The molecule has 5 rings (SSSR count). The highest BCUT2D eigenvalue weighted by Gasteiger charge is 2.53. The number of anilines is 1. The summed E-state index contributed by atoms with van der Waals surface area (Å²) in [6, 6.07) is 5.46. The fourth-order valence-corrected chi connectivity index (χ4v) is 5.45. The minimum absolute atomic E-state index is 0.167. The van der Waals surface area contributed by atoms with Gasteiger partial charge in [-0.15, -0.1) is 0 Å². The van der Waals surface area contributed by atoms with E-state index in [1.807, 2.05) is 18.2 Å². The highest BCUT2D eigenvalue weighted by atomic mass is 32.2. The van der Waals surface area contributed by atoms with Crippen LogP contribution in [0.1, 0.15) is 48.4 Å². The van der Waals surface area contributed by atoms with E-state index in [-0.39, 0.29) is 25.0 Å². The Morgan fingerprint density at radius 2 is 1.93 bits per heavy atom. The Kier molecular flexibility index (Phi) is 4.62. The fourth-order valence-electron chi connectivity index (χ4n) is 4.51. The Morgan fingerprint density at radius 3 is 2.53 bits per heavy atom. The van der Waals surface area contributed by atoms with E-state index in [4.69, 9.17) is 0 Å². The van der Waals surface area contributed by atoms with Gasteiger partial charge in [0.25, 0.3) is 0 Å². The lowest BCUT2D eigenvalue weighted by Crippen LogP contribution is -2.47. The van der Waals surface area contributed by atoms with Crippen LogP contribution < -0.4 is 4.90 Å². The van der Waals surface area contributed by atoms with Gasteiger partial charge in [-0.3, -0.25) is 0 Å². The number of aromatic amines is 1. The van der Waals surface area contributed by atoms with Crippen molar-refractivity contribution in [2.24, 2.45) is 5.92 Å². The molecule has 0 bridgehead atoms. The zero-order valence-electron chi connectivity index (χ0n) is 16.3. The summed E-state index contributed by atoms with van der Waals surface area (Å²) in [4.78, 5) is 9.22. The molecule has 0 saturated heterocycles. The number of halogens is 3. The van der Waals surface area contributed by atoms with Crippen LogP contribution in [0, 0.1) is 5.92 Å². The van der Waals surface area contributed by atoms with Gasteiger partial charge < -0.3 is 9.88 Å². The maximum atomic E-state index is 13.5. The van der Waals surface area contributed by atoms with Crippen molar-refractivity contribution < 1.29 is 21.6 Å². The lowest BCUT2D eigenvalue weighted by Gasteiger charge is -2.34. The first-order chi connectivity index (χ1) is 14.3. The number of nitrogens with one attached hydrogen (secondary N) is 1. The van der Waals surface area contributed by atoms with Crippen LogP contribution in [0.2, 0.25) is 0 Å². The average Bonchev–Trinajstić information content (AvgIpc) is 3.60. The molecule has 2 fully saturated rings. The summed E-state index contributed by atoms with van der Waals surface area (Å²) in [5.41, 5.74) is -1.95. The molecule has 2 heterocycles. The maximum absolute atomic E-state index is 13.5. The van der Waals surface area contributed by atoms with Crippen LogP contribution in [0.25, 0.3) is 0 Å². The summed E-state index contributed by atoms with van der Waals surface area (Å²) in [6.45, 7) is 0.0359. The molecule has 1 N–H and O–H groups in total. The van der Waals surface area contributed by atoms with Gasteiger partial charge in [0.05, 0.1) is 18.6 Å². The minimum Gasteiger partial charge on any atom is -0.361 e. The molecule has 0 amide bonds. The number of H-pyrrole nitrogens is 1. The summed E-state index contributed by atoms with van der Waals surface area (Å²) >= 11 is 0. The van der Waals surface area contributed by atoms with Crippen LogP contribution in [0.4, 0.5) is 18.9 Å². The van der Waals surface area contributed by atoms with Crippen LogP contribution in [-0.2, 0) is 23.1 Å². The Balaban J connectivity index is 1.63. The number of sulfonamides is 1. The molecule has 1 aromatic carbocycles. The number of hydrogen-bond acceptors (Lipinski definition) is 4. The van der Waals surface area contributed by atoms with E-state index in [2.05, 4.69) is 14.9 Å². The summed E-state index contributed by atoms with van der Waals surface area (Å²) in [5, 5.41) is 0. The number of fused-ring (bicyclic) bond motifs is 1. The van der Waals surface area contributed by atoms with Crippen molar-refractivity contribution in [3.05, 3.63) is 47.5 Å². The first-order valence-corrected chi connectivity index (χ1v) is 11.6. The zero-order chi connectivity index (χ0) is 21.1. The third-order valence-electron chi connectivity index (χ3n) is 6.33. The van der Waals surface area contributed by atoms with E-state index < -0.39 is 15.5 Å². The highest BCUT2D eigenvalue weighted by molar-refractivity contribution is 7.89. The predicted molar refractivity (Wildman–Crippen MR) is 105 cm³/mol. The van der Waals surface area contributed by atoms with E-state index in [9.17, 15) is 21.6 Å². The molecule has 1 aromatic heterocycles. The largest absolute Gasteiger partial charge is 0.511 e.